The zero-order chi connectivity index (χ0) is 15.1. The highest BCUT2D eigenvalue weighted by molar-refractivity contribution is 5.91. The Morgan fingerprint density at radius 1 is 1.00 bits per heavy atom. The van der Waals surface area contributed by atoms with Gasteiger partial charge in [-0.2, -0.15) is 0 Å². The molecule has 0 saturated heterocycles. The minimum atomic E-state index is 0.812. The van der Waals surface area contributed by atoms with Crippen molar-refractivity contribution in [3.63, 3.8) is 0 Å². The van der Waals surface area contributed by atoms with Crippen LogP contribution in [-0.2, 0) is 0 Å². The Labute approximate surface area is 128 Å². The third-order valence-corrected chi connectivity index (χ3v) is 3.84. The Morgan fingerprint density at radius 2 is 1.86 bits per heavy atom. The minimum absolute atomic E-state index is 0.812. The quantitative estimate of drug-likeness (QED) is 0.562. The molecule has 0 aliphatic rings. The van der Waals surface area contributed by atoms with E-state index in [4.69, 9.17) is 4.74 Å². The van der Waals surface area contributed by atoms with Crippen LogP contribution in [0.4, 0.5) is 0 Å². The first-order valence-corrected chi connectivity index (χ1v) is 7.14. The van der Waals surface area contributed by atoms with Gasteiger partial charge >= 0.3 is 0 Å². The van der Waals surface area contributed by atoms with Gasteiger partial charge in [0.15, 0.2) is 0 Å². The Kier molecular flexibility index (Phi) is 2.82. The molecule has 0 fully saturated rings. The molecule has 0 N–H and O–H groups in total. The summed E-state index contributed by atoms with van der Waals surface area (Å²) in [5.74, 6) is 0.812. The number of hydrogen-bond donors (Lipinski definition) is 0. The molecule has 4 nitrogen and oxygen atoms in total. The van der Waals surface area contributed by atoms with Gasteiger partial charge in [0, 0.05) is 17.1 Å². The summed E-state index contributed by atoms with van der Waals surface area (Å²) >= 11 is 0. The lowest BCUT2D eigenvalue weighted by atomic mass is 10.1. The predicted molar refractivity (Wildman–Crippen MR) is 87.7 cm³/mol. The van der Waals surface area contributed by atoms with Crippen LogP contribution in [0.15, 0.2) is 54.9 Å². The van der Waals surface area contributed by atoms with E-state index in [1.807, 2.05) is 49.6 Å². The lowest BCUT2D eigenvalue weighted by Crippen LogP contribution is -1.97. The molecule has 2 aromatic carbocycles. The number of hydrogen-bond acceptors (Lipinski definition) is 3. The summed E-state index contributed by atoms with van der Waals surface area (Å²) in [5, 5.41) is 1.08. The largest absolute Gasteiger partial charge is 0.497 e. The van der Waals surface area contributed by atoms with Gasteiger partial charge < -0.3 is 4.74 Å². The second-order valence-corrected chi connectivity index (χ2v) is 5.27. The molecule has 2 heterocycles. The van der Waals surface area contributed by atoms with Gasteiger partial charge in [0.05, 0.1) is 29.3 Å². The lowest BCUT2D eigenvalue weighted by Gasteiger charge is -2.11. The second-order valence-electron chi connectivity index (χ2n) is 5.27. The number of aryl methyl sites for hydroxylation is 1. The molecule has 0 saturated carbocycles. The number of rotatable bonds is 2. The average Bonchev–Trinajstić information content (AvgIpc) is 2.97. The van der Waals surface area contributed by atoms with Crippen molar-refractivity contribution in [2.24, 2.45) is 0 Å². The van der Waals surface area contributed by atoms with Crippen LogP contribution in [0.25, 0.3) is 27.6 Å². The van der Waals surface area contributed by atoms with E-state index in [0.29, 0.717) is 0 Å². The van der Waals surface area contributed by atoms with E-state index in [-0.39, 0.29) is 0 Å². The van der Waals surface area contributed by atoms with Crippen LogP contribution < -0.4 is 4.74 Å². The standard InChI is InChI=1S/C18H15N3O/c1-12-9-18(14-8-7-13(22-2)10-16(14)20-12)21-11-19-15-5-3-4-6-17(15)21/h3-11H,1-2H3. The number of fused-ring (bicyclic) bond motifs is 2. The first-order chi connectivity index (χ1) is 10.8. The highest BCUT2D eigenvalue weighted by Crippen LogP contribution is 2.28. The van der Waals surface area contributed by atoms with Gasteiger partial charge in [0.25, 0.3) is 0 Å². The molecular weight excluding hydrogens is 274 g/mol. The number of benzene rings is 2. The van der Waals surface area contributed by atoms with E-state index in [0.717, 1.165) is 39.1 Å². The number of methoxy groups -OCH3 is 1. The van der Waals surface area contributed by atoms with Crippen LogP contribution in [0.1, 0.15) is 5.69 Å². The summed E-state index contributed by atoms with van der Waals surface area (Å²) in [7, 11) is 1.67. The molecule has 0 atom stereocenters. The van der Waals surface area contributed by atoms with Crippen LogP contribution in [0.5, 0.6) is 5.75 Å². The van der Waals surface area contributed by atoms with Gasteiger partial charge in [-0.05, 0) is 37.3 Å². The molecule has 2 aromatic heterocycles. The average molecular weight is 289 g/mol. The number of aromatic nitrogens is 3. The van der Waals surface area contributed by atoms with Crippen molar-refractivity contribution in [3.8, 4) is 11.4 Å². The maximum atomic E-state index is 5.30. The summed E-state index contributed by atoms with van der Waals surface area (Å²) in [5.41, 5.74) is 5.04. The molecule has 0 amide bonds. The maximum Gasteiger partial charge on any atom is 0.121 e. The maximum absolute atomic E-state index is 5.30. The summed E-state index contributed by atoms with van der Waals surface area (Å²) < 4.78 is 7.41. The highest BCUT2D eigenvalue weighted by atomic mass is 16.5. The topological polar surface area (TPSA) is 39.9 Å². The number of nitrogens with zero attached hydrogens (tertiary/aromatic N) is 3. The Hall–Kier alpha value is -2.88. The zero-order valence-corrected chi connectivity index (χ0v) is 12.4. The molecule has 0 bridgehead atoms. The predicted octanol–water partition coefficient (Wildman–Crippen LogP) is 3.89. The van der Waals surface area contributed by atoms with Gasteiger partial charge in [-0.15, -0.1) is 0 Å². The molecule has 0 aliphatic heterocycles. The molecule has 22 heavy (non-hydrogen) atoms. The summed E-state index contributed by atoms with van der Waals surface area (Å²) in [6.45, 7) is 2.00. The fourth-order valence-corrected chi connectivity index (χ4v) is 2.80. The fourth-order valence-electron chi connectivity index (χ4n) is 2.80. The van der Waals surface area contributed by atoms with Gasteiger partial charge in [-0.1, -0.05) is 12.1 Å². The zero-order valence-electron chi connectivity index (χ0n) is 12.4. The molecule has 4 aromatic rings. The molecular formula is C18H15N3O. The number of pyridine rings is 1. The van der Waals surface area contributed by atoms with Gasteiger partial charge in [-0.25, -0.2) is 4.98 Å². The van der Waals surface area contributed by atoms with Crippen LogP contribution >= 0.6 is 0 Å². The Balaban J connectivity index is 2.05. The number of ether oxygens (including phenoxy) is 1. The van der Waals surface area contributed by atoms with Crippen molar-refractivity contribution in [2.75, 3.05) is 7.11 Å². The SMILES string of the molecule is COc1ccc2c(-n3cnc4ccccc43)cc(C)nc2c1. The van der Waals surface area contributed by atoms with Crippen molar-refractivity contribution in [2.45, 2.75) is 6.92 Å². The molecule has 0 radical (unpaired) electrons. The summed E-state index contributed by atoms with van der Waals surface area (Å²) in [6, 6.07) is 16.2. The number of imidazole rings is 1. The third kappa shape index (κ3) is 1.92. The van der Waals surface area contributed by atoms with Crippen molar-refractivity contribution >= 4 is 21.9 Å². The van der Waals surface area contributed by atoms with E-state index in [9.17, 15) is 0 Å². The van der Waals surface area contributed by atoms with E-state index < -0.39 is 0 Å². The second kappa shape index (κ2) is 4.84. The Bertz CT molecular complexity index is 988. The summed E-state index contributed by atoms with van der Waals surface area (Å²) in [4.78, 5) is 9.10. The minimum Gasteiger partial charge on any atom is -0.497 e. The molecule has 0 aliphatic carbocycles. The lowest BCUT2D eigenvalue weighted by molar-refractivity contribution is 0.415. The van der Waals surface area contributed by atoms with Crippen LogP contribution in [-0.4, -0.2) is 21.6 Å². The van der Waals surface area contributed by atoms with Crippen LogP contribution in [0, 0.1) is 6.92 Å². The van der Waals surface area contributed by atoms with Gasteiger partial charge in [-0.3, -0.25) is 9.55 Å². The van der Waals surface area contributed by atoms with Crippen molar-refractivity contribution < 1.29 is 4.74 Å². The monoisotopic (exact) mass is 289 g/mol. The first kappa shape index (κ1) is 12.8. The van der Waals surface area contributed by atoms with E-state index >= 15 is 0 Å². The highest BCUT2D eigenvalue weighted by Gasteiger charge is 2.10. The van der Waals surface area contributed by atoms with Crippen molar-refractivity contribution in [1.29, 1.82) is 0 Å². The van der Waals surface area contributed by atoms with E-state index in [2.05, 4.69) is 26.7 Å². The van der Waals surface area contributed by atoms with Gasteiger partial charge in [0.1, 0.15) is 12.1 Å². The van der Waals surface area contributed by atoms with Crippen molar-refractivity contribution in [3.05, 3.63) is 60.6 Å². The molecule has 4 heteroatoms. The molecule has 0 spiro atoms. The van der Waals surface area contributed by atoms with E-state index in [1.165, 1.54) is 0 Å². The number of para-hydroxylation sites is 2. The normalized spacial score (nSPS) is 11.2. The molecule has 108 valence electrons. The third-order valence-electron chi connectivity index (χ3n) is 3.84. The smallest absolute Gasteiger partial charge is 0.121 e. The van der Waals surface area contributed by atoms with Gasteiger partial charge in [0.2, 0.25) is 0 Å². The Morgan fingerprint density at radius 3 is 2.73 bits per heavy atom. The van der Waals surface area contributed by atoms with E-state index in [1.54, 1.807) is 7.11 Å². The van der Waals surface area contributed by atoms with Crippen molar-refractivity contribution in [1.82, 2.24) is 14.5 Å². The summed E-state index contributed by atoms with van der Waals surface area (Å²) in [6.07, 6.45) is 1.86. The molecule has 0 unspecified atom stereocenters. The molecule has 4 rings (SSSR count). The van der Waals surface area contributed by atoms with Crippen LogP contribution in [0.2, 0.25) is 0 Å². The first-order valence-electron chi connectivity index (χ1n) is 7.14. The fraction of sp³-hybridized carbons (Fsp3) is 0.111. The van der Waals surface area contributed by atoms with Crippen LogP contribution in [0.3, 0.4) is 0 Å².